The Hall–Kier alpha value is -6.84. The van der Waals surface area contributed by atoms with Gasteiger partial charge in [-0.25, -0.2) is 0 Å². The molecule has 0 saturated heterocycles. The summed E-state index contributed by atoms with van der Waals surface area (Å²) in [6.07, 6.45) is 0. The molecule has 0 radical (unpaired) electrons. The highest BCUT2D eigenvalue weighted by Gasteiger charge is 2.23. The van der Waals surface area contributed by atoms with Crippen molar-refractivity contribution in [3.63, 3.8) is 0 Å². The second-order valence-corrected chi connectivity index (χ2v) is 12.9. The number of furan rings is 1. The number of anilines is 3. The minimum atomic E-state index is 0.860. The first-order valence-corrected chi connectivity index (χ1v) is 17.4. The molecule has 51 heavy (non-hydrogen) atoms. The maximum atomic E-state index is 6.68. The van der Waals surface area contributed by atoms with Crippen molar-refractivity contribution in [2.45, 2.75) is 0 Å². The molecule has 0 aliphatic heterocycles. The van der Waals surface area contributed by atoms with Crippen LogP contribution in [0, 0.1) is 0 Å². The molecule has 2 heterocycles. The smallest absolute Gasteiger partial charge is 0.159 e. The third-order valence-corrected chi connectivity index (χ3v) is 9.98. The lowest BCUT2D eigenvalue weighted by Gasteiger charge is -2.28. The number of aromatic nitrogens is 1. The molecule has 0 aliphatic rings. The topological polar surface area (TPSA) is 21.3 Å². The van der Waals surface area contributed by atoms with Gasteiger partial charge >= 0.3 is 0 Å². The van der Waals surface area contributed by atoms with E-state index < -0.39 is 0 Å². The van der Waals surface area contributed by atoms with Crippen LogP contribution in [-0.2, 0) is 0 Å². The monoisotopic (exact) mass is 652 g/mol. The predicted octanol–water partition coefficient (Wildman–Crippen LogP) is 13.5. The summed E-state index contributed by atoms with van der Waals surface area (Å²) in [7, 11) is 0. The van der Waals surface area contributed by atoms with Gasteiger partial charge in [-0.05, 0) is 59.7 Å². The molecule has 0 aliphatic carbocycles. The van der Waals surface area contributed by atoms with Crippen LogP contribution in [0.2, 0.25) is 0 Å². The van der Waals surface area contributed by atoms with Crippen molar-refractivity contribution >= 4 is 60.8 Å². The van der Waals surface area contributed by atoms with E-state index in [0.717, 1.165) is 61.4 Å². The fourth-order valence-electron chi connectivity index (χ4n) is 7.76. The fourth-order valence-corrected chi connectivity index (χ4v) is 7.76. The summed E-state index contributed by atoms with van der Waals surface area (Å²) in [6, 6.07) is 69.1. The molecule has 0 fully saturated rings. The van der Waals surface area contributed by atoms with Crippen LogP contribution >= 0.6 is 0 Å². The number of benzene rings is 8. The van der Waals surface area contributed by atoms with Crippen molar-refractivity contribution in [2.75, 3.05) is 4.90 Å². The summed E-state index contributed by atoms with van der Waals surface area (Å²) < 4.78 is 9.09. The second-order valence-electron chi connectivity index (χ2n) is 12.9. The van der Waals surface area contributed by atoms with Gasteiger partial charge in [-0.1, -0.05) is 146 Å². The summed E-state index contributed by atoms with van der Waals surface area (Å²) >= 11 is 0. The molecule has 0 saturated carbocycles. The van der Waals surface area contributed by atoms with Crippen molar-refractivity contribution in [1.29, 1.82) is 0 Å². The van der Waals surface area contributed by atoms with Crippen molar-refractivity contribution in [1.82, 2.24) is 4.57 Å². The van der Waals surface area contributed by atoms with Gasteiger partial charge in [-0.3, -0.25) is 0 Å². The van der Waals surface area contributed by atoms with Crippen LogP contribution in [0.3, 0.4) is 0 Å². The van der Waals surface area contributed by atoms with Crippen LogP contribution in [0.5, 0.6) is 0 Å². The first-order valence-electron chi connectivity index (χ1n) is 17.4. The van der Waals surface area contributed by atoms with E-state index in [4.69, 9.17) is 4.42 Å². The van der Waals surface area contributed by atoms with Crippen LogP contribution in [0.25, 0.3) is 71.7 Å². The van der Waals surface area contributed by atoms with Crippen molar-refractivity contribution < 1.29 is 4.42 Å². The normalized spacial score (nSPS) is 11.5. The van der Waals surface area contributed by atoms with Crippen molar-refractivity contribution in [3.8, 4) is 27.9 Å². The highest BCUT2D eigenvalue weighted by atomic mass is 16.3. The molecular formula is C48H32N2O. The Kier molecular flexibility index (Phi) is 6.81. The average Bonchev–Trinajstić information content (AvgIpc) is 3.76. The molecule has 0 bridgehead atoms. The summed E-state index contributed by atoms with van der Waals surface area (Å²) in [5.41, 5.74) is 13.0. The van der Waals surface area contributed by atoms with Gasteiger partial charge in [-0.15, -0.1) is 0 Å². The van der Waals surface area contributed by atoms with E-state index in [1.165, 1.54) is 27.4 Å². The SMILES string of the molecule is c1ccc(-c2ccccc2N(c2cccc(-c3cccc4c5ccccc5n(-c5ccccc5)c34)c2)c2cccc3c2oc2ccccc23)cc1. The van der Waals surface area contributed by atoms with E-state index in [-0.39, 0.29) is 0 Å². The molecule has 0 amide bonds. The Balaban J connectivity index is 1.25. The highest BCUT2D eigenvalue weighted by molar-refractivity contribution is 6.14. The zero-order valence-corrected chi connectivity index (χ0v) is 27.8. The maximum absolute atomic E-state index is 6.68. The minimum absolute atomic E-state index is 0.860. The van der Waals surface area contributed by atoms with Gasteiger partial charge in [0, 0.05) is 44.0 Å². The first kappa shape index (κ1) is 29.1. The Morgan fingerprint density at radius 1 is 0.412 bits per heavy atom. The molecule has 8 aromatic carbocycles. The molecule has 10 rings (SSSR count). The van der Waals surface area contributed by atoms with Gasteiger partial charge < -0.3 is 13.9 Å². The maximum Gasteiger partial charge on any atom is 0.159 e. The van der Waals surface area contributed by atoms with E-state index in [1.807, 2.05) is 6.07 Å². The largest absolute Gasteiger partial charge is 0.454 e. The third-order valence-electron chi connectivity index (χ3n) is 9.98. The quantitative estimate of drug-likeness (QED) is 0.178. The third kappa shape index (κ3) is 4.74. The Labute approximate surface area is 295 Å². The Morgan fingerprint density at radius 3 is 1.90 bits per heavy atom. The van der Waals surface area contributed by atoms with E-state index >= 15 is 0 Å². The number of fused-ring (bicyclic) bond motifs is 6. The number of para-hydroxylation sites is 6. The zero-order chi connectivity index (χ0) is 33.7. The van der Waals surface area contributed by atoms with Gasteiger partial charge in [0.2, 0.25) is 0 Å². The Morgan fingerprint density at radius 2 is 1.02 bits per heavy atom. The Bertz CT molecular complexity index is 2860. The summed E-state index contributed by atoms with van der Waals surface area (Å²) in [5, 5.41) is 4.68. The molecule has 3 nitrogen and oxygen atoms in total. The standard InChI is InChI=1S/C48H32N2O/c1-3-16-33(17-4-1)37-22-7-10-28-43(37)49(45-30-15-27-42-40-24-9-12-31-46(40)51-48(42)45)36-21-13-18-34(32-36)38-25-14-26-41-39-23-8-11-29-44(39)50(47(38)41)35-19-5-2-6-20-35/h1-32H. The van der Waals surface area contributed by atoms with Crippen LogP contribution in [0.4, 0.5) is 17.1 Å². The molecule has 0 spiro atoms. The van der Waals surface area contributed by atoms with Gasteiger partial charge in [0.15, 0.2) is 5.58 Å². The van der Waals surface area contributed by atoms with E-state index in [0.29, 0.717) is 0 Å². The van der Waals surface area contributed by atoms with E-state index in [1.54, 1.807) is 0 Å². The van der Waals surface area contributed by atoms with Crippen LogP contribution in [-0.4, -0.2) is 4.57 Å². The first-order chi connectivity index (χ1) is 25.3. The van der Waals surface area contributed by atoms with Gasteiger partial charge in [-0.2, -0.15) is 0 Å². The van der Waals surface area contributed by atoms with Gasteiger partial charge in [0.1, 0.15) is 5.58 Å². The summed E-state index contributed by atoms with van der Waals surface area (Å²) in [5.74, 6) is 0. The second kappa shape index (κ2) is 11.9. The number of rotatable bonds is 6. The van der Waals surface area contributed by atoms with E-state index in [2.05, 4.69) is 198 Å². The van der Waals surface area contributed by atoms with Gasteiger partial charge in [0.05, 0.1) is 22.4 Å². The fraction of sp³-hybridized carbons (Fsp3) is 0. The van der Waals surface area contributed by atoms with Crippen molar-refractivity contribution in [3.05, 3.63) is 194 Å². The lowest BCUT2D eigenvalue weighted by Crippen LogP contribution is -2.11. The van der Waals surface area contributed by atoms with Crippen LogP contribution in [0.1, 0.15) is 0 Å². The molecular weight excluding hydrogens is 621 g/mol. The lowest BCUT2D eigenvalue weighted by molar-refractivity contribution is 0.669. The minimum Gasteiger partial charge on any atom is -0.454 e. The molecule has 240 valence electrons. The molecule has 2 aromatic heterocycles. The molecule has 0 N–H and O–H groups in total. The molecule has 0 atom stereocenters. The molecule has 3 heteroatoms. The van der Waals surface area contributed by atoms with Gasteiger partial charge in [0.25, 0.3) is 0 Å². The highest BCUT2D eigenvalue weighted by Crippen LogP contribution is 2.46. The average molecular weight is 653 g/mol. The molecule has 10 aromatic rings. The number of hydrogen-bond acceptors (Lipinski definition) is 2. The summed E-state index contributed by atoms with van der Waals surface area (Å²) in [6.45, 7) is 0. The molecule has 0 unspecified atom stereocenters. The van der Waals surface area contributed by atoms with Crippen LogP contribution < -0.4 is 4.90 Å². The zero-order valence-electron chi connectivity index (χ0n) is 27.8. The van der Waals surface area contributed by atoms with E-state index in [9.17, 15) is 0 Å². The lowest BCUT2D eigenvalue weighted by atomic mass is 9.99. The summed E-state index contributed by atoms with van der Waals surface area (Å²) in [4.78, 5) is 2.36. The van der Waals surface area contributed by atoms with Crippen molar-refractivity contribution in [2.24, 2.45) is 0 Å². The predicted molar refractivity (Wildman–Crippen MR) is 214 cm³/mol. The number of nitrogens with zero attached hydrogens (tertiary/aromatic N) is 2. The number of hydrogen-bond donors (Lipinski definition) is 0. The van der Waals surface area contributed by atoms with Crippen LogP contribution in [0.15, 0.2) is 199 Å².